The van der Waals surface area contributed by atoms with Crippen molar-refractivity contribution in [2.24, 2.45) is 0 Å². The van der Waals surface area contributed by atoms with Gasteiger partial charge in [0.1, 0.15) is 11.5 Å². The second kappa shape index (κ2) is 4.70. The van der Waals surface area contributed by atoms with E-state index in [1.165, 1.54) is 11.1 Å². The maximum Gasteiger partial charge on any atom is 0.138 e. The number of nitrogens with one attached hydrogen (secondary N) is 1. The summed E-state index contributed by atoms with van der Waals surface area (Å²) < 4.78 is 3.07. The quantitative estimate of drug-likeness (QED) is 0.756. The number of para-hydroxylation sites is 1. The standard InChI is InChI=1S/C15H14BrN3/c1-10-4-3-5-11(2)15(10)18-14-8-17-13-7-6-12(16)9-19(13)14/h3-9,18H,1-2H3. The van der Waals surface area contributed by atoms with Gasteiger partial charge in [-0.3, -0.25) is 4.40 Å². The topological polar surface area (TPSA) is 29.3 Å². The van der Waals surface area contributed by atoms with E-state index in [2.05, 4.69) is 58.3 Å². The van der Waals surface area contributed by atoms with Gasteiger partial charge in [0.15, 0.2) is 0 Å². The van der Waals surface area contributed by atoms with Gasteiger partial charge in [-0.05, 0) is 53.0 Å². The molecular formula is C15H14BrN3. The lowest BCUT2D eigenvalue weighted by molar-refractivity contribution is 1.17. The number of anilines is 2. The molecule has 0 unspecified atom stereocenters. The highest BCUT2D eigenvalue weighted by atomic mass is 79.9. The minimum Gasteiger partial charge on any atom is -0.340 e. The molecule has 2 aromatic heterocycles. The normalized spacial score (nSPS) is 10.9. The predicted molar refractivity (Wildman–Crippen MR) is 82.1 cm³/mol. The van der Waals surface area contributed by atoms with E-state index in [0.717, 1.165) is 21.6 Å². The minimum atomic E-state index is 0.928. The molecule has 3 aromatic rings. The number of hydrogen-bond acceptors (Lipinski definition) is 2. The van der Waals surface area contributed by atoms with Gasteiger partial charge < -0.3 is 5.32 Å². The van der Waals surface area contributed by atoms with Crippen LogP contribution in [0.4, 0.5) is 11.5 Å². The fourth-order valence-electron chi connectivity index (χ4n) is 2.19. The fourth-order valence-corrected chi connectivity index (χ4v) is 2.52. The summed E-state index contributed by atoms with van der Waals surface area (Å²) in [6.07, 6.45) is 3.87. The van der Waals surface area contributed by atoms with Crippen molar-refractivity contribution in [3.05, 3.63) is 58.3 Å². The Balaban J connectivity index is 2.08. The number of nitrogens with zero attached hydrogens (tertiary/aromatic N) is 2. The number of rotatable bonds is 2. The van der Waals surface area contributed by atoms with Crippen LogP contribution in [0.15, 0.2) is 47.2 Å². The third kappa shape index (κ3) is 2.24. The molecule has 0 saturated carbocycles. The van der Waals surface area contributed by atoms with E-state index in [-0.39, 0.29) is 0 Å². The number of benzene rings is 1. The highest BCUT2D eigenvalue weighted by molar-refractivity contribution is 9.10. The molecule has 0 bridgehead atoms. The number of fused-ring (bicyclic) bond motifs is 1. The van der Waals surface area contributed by atoms with Gasteiger partial charge in [0.05, 0.1) is 6.20 Å². The molecule has 0 aliphatic rings. The van der Waals surface area contributed by atoms with Crippen LogP contribution in [0.5, 0.6) is 0 Å². The van der Waals surface area contributed by atoms with Gasteiger partial charge in [0, 0.05) is 16.4 Å². The van der Waals surface area contributed by atoms with Crippen LogP contribution in [-0.2, 0) is 0 Å². The predicted octanol–water partition coefficient (Wildman–Crippen LogP) is 4.46. The molecule has 4 heteroatoms. The molecule has 0 saturated heterocycles. The highest BCUT2D eigenvalue weighted by Gasteiger charge is 2.07. The van der Waals surface area contributed by atoms with Crippen molar-refractivity contribution < 1.29 is 0 Å². The van der Waals surface area contributed by atoms with Crippen molar-refractivity contribution in [1.82, 2.24) is 9.38 Å². The van der Waals surface area contributed by atoms with Crippen LogP contribution in [0.2, 0.25) is 0 Å². The van der Waals surface area contributed by atoms with Crippen LogP contribution in [-0.4, -0.2) is 9.38 Å². The lowest BCUT2D eigenvalue weighted by atomic mass is 10.1. The van der Waals surface area contributed by atoms with E-state index in [9.17, 15) is 0 Å². The molecular weight excluding hydrogens is 302 g/mol. The van der Waals surface area contributed by atoms with Gasteiger partial charge in [0.2, 0.25) is 0 Å². The summed E-state index contributed by atoms with van der Waals surface area (Å²) >= 11 is 3.49. The van der Waals surface area contributed by atoms with E-state index in [1.54, 1.807) is 0 Å². The first kappa shape index (κ1) is 12.2. The third-order valence-corrected chi connectivity index (χ3v) is 3.67. The smallest absolute Gasteiger partial charge is 0.138 e. The van der Waals surface area contributed by atoms with Crippen LogP contribution in [0.1, 0.15) is 11.1 Å². The molecule has 3 nitrogen and oxygen atoms in total. The summed E-state index contributed by atoms with van der Waals surface area (Å²) in [6, 6.07) is 10.3. The average molecular weight is 316 g/mol. The van der Waals surface area contributed by atoms with E-state index in [4.69, 9.17) is 0 Å². The zero-order chi connectivity index (χ0) is 13.4. The Bertz CT molecular complexity index is 726. The van der Waals surface area contributed by atoms with Crippen LogP contribution in [0.25, 0.3) is 5.65 Å². The van der Waals surface area contributed by atoms with E-state index in [0.29, 0.717) is 0 Å². The second-order valence-corrected chi connectivity index (χ2v) is 5.53. The van der Waals surface area contributed by atoms with Crippen molar-refractivity contribution in [3.8, 4) is 0 Å². The molecule has 0 radical (unpaired) electrons. The molecule has 1 aromatic carbocycles. The minimum absolute atomic E-state index is 0.928. The number of pyridine rings is 1. The third-order valence-electron chi connectivity index (χ3n) is 3.20. The number of imidazole rings is 1. The number of halogens is 1. The lowest BCUT2D eigenvalue weighted by Crippen LogP contribution is -1.99. The highest BCUT2D eigenvalue weighted by Crippen LogP contribution is 2.25. The Hall–Kier alpha value is -1.81. The first-order valence-electron chi connectivity index (χ1n) is 6.11. The lowest BCUT2D eigenvalue weighted by Gasteiger charge is -2.12. The molecule has 3 rings (SSSR count). The molecule has 0 aliphatic heterocycles. The largest absolute Gasteiger partial charge is 0.340 e. The zero-order valence-electron chi connectivity index (χ0n) is 10.8. The Morgan fingerprint density at radius 1 is 1.11 bits per heavy atom. The van der Waals surface area contributed by atoms with Crippen LogP contribution in [0.3, 0.4) is 0 Å². The molecule has 0 fully saturated rings. The van der Waals surface area contributed by atoms with E-state index in [1.807, 2.05) is 28.9 Å². The summed E-state index contributed by atoms with van der Waals surface area (Å²) in [7, 11) is 0. The summed E-state index contributed by atoms with van der Waals surface area (Å²) in [5.74, 6) is 0.966. The summed E-state index contributed by atoms with van der Waals surface area (Å²) in [5, 5.41) is 3.47. The zero-order valence-corrected chi connectivity index (χ0v) is 12.4. The molecule has 0 spiro atoms. The van der Waals surface area contributed by atoms with Gasteiger partial charge in [-0.1, -0.05) is 18.2 Å². The van der Waals surface area contributed by atoms with Gasteiger partial charge in [-0.2, -0.15) is 0 Å². The fraction of sp³-hybridized carbons (Fsp3) is 0.133. The van der Waals surface area contributed by atoms with Crippen molar-refractivity contribution in [2.75, 3.05) is 5.32 Å². The molecule has 0 atom stereocenters. The van der Waals surface area contributed by atoms with Gasteiger partial charge in [-0.15, -0.1) is 0 Å². The first-order valence-corrected chi connectivity index (χ1v) is 6.90. The van der Waals surface area contributed by atoms with E-state index < -0.39 is 0 Å². The van der Waals surface area contributed by atoms with Gasteiger partial charge >= 0.3 is 0 Å². The van der Waals surface area contributed by atoms with Crippen molar-refractivity contribution in [2.45, 2.75) is 13.8 Å². The monoisotopic (exact) mass is 315 g/mol. The average Bonchev–Trinajstić information content (AvgIpc) is 2.76. The molecule has 2 heterocycles. The van der Waals surface area contributed by atoms with Crippen molar-refractivity contribution in [1.29, 1.82) is 0 Å². The summed E-state index contributed by atoms with van der Waals surface area (Å²) in [5.41, 5.74) is 4.52. The van der Waals surface area contributed by atoms with Crippen LogP contribution in [0, 0.1) is 13.8 Å². The molecule has 19 heavy (non-hydrogen) atoms. The molecule has 96 valence electrons. The number of aryl methyl sites for hydroxylation is 2. The van der Waals surface area contributed by atoms with Crippen molar-refractivity contribution >= 4 is 33.1 Å². The Labute approximate surface area is 120 Å². The van der Waals surface area contributed by atoms with Crippen LogP contribution >= 0.6 is 15.9 Å². The summed E-state index contributed by atoms with van der Waals surface area (Å²) in [4.78, 5) is 4.39. The molecule has 1 N–H and O–H groups in total. The second-order valence-electron chi connectivity index (χ2n) is 4.61. The van der Waals surface area contributed by atoms with Crippen LogP contribution < -0.4 is 5.32 Å². The molecule has 0 aliphatic carbocycles. The Morgan fingerprint density at radius 3 is 2.58 bits per heavy atom. The maximum atomic E-state index is 4.39. The SMILES string of the molecule is Cc1cccc(C)c1Nc1cnc2ccc(Br)cn12. The first-order chi connectivity index (χ1) is 9.15. The Morgan fingerprint density at radius 2 is 1.84 bits per heavy atom. The maximum absolute atomic E-state index is 4.39. The molecule has 0 amide bonds. The van der Waals surface area contributed by atoms with Crippen molar-refractivity contribution in [3.63, 3.8) is 0 Å². The summed E-state index contributed by atoms with van der Waals surface area (Å²) in [6.45, 7) is 4.21. The number of hydrogen-bond donors (Lipinski definition) is 1. The number of aromatic nitrogens is 2. The van der Waals surface area contributed by atoms with E-state index >= 15 is 0 Å². The Kier molecular flexibility index (Phi) is 3.03. The van der Waals surface area contributed by atoms with Gasteiger partial charge in [-0.25, -0.2) is 4.98 Å². The van der Waals surface area contributed by atoms with Gasteiger partial charge in [0.25, 0.3) is 0 Å².